The minimum absolute atomic E-state index is 0.0804. The zero-order valence-electron chi connectivity index (χ0n) is 8.04. The van der Waals surface area contributed by atoms with E-state index >= 15 is 0 Å². The second-order valence-electron chi connectivity index (χ2n) is 2.91. The lowest BCUT2D eigenvalue weighted by molar-refractivity contribution is -0.138. The molecular formula is C7H9F3N4OS. The lowest BCUT2D eigenvalue weighted by Crippen LogP contribution is -2.12. The molecule has 1 amide bonds. The van der Waals surface area contributed by atoms with Crippen molar-refractivity contribution in [1.29, 1.82) is 0 Å². The van der Waals surface area contributed by atoms with Crippen molar-refractivity contribution in [3.8, 4) is 0 Å². The van der Waals surface area contributed by atoms with Gasteiger partial charge in [-0.2, -0.15) is 13.2 Å². The fraction of sp³-hybridized carbons (Fsp3) is 0.571. The van der Waals surface area contributed by atoms with Crippen LogP contribution in [0.2, 0.25) is 0 Å². The van der Waals surface area contributed by atoms with E-state index in [0.29, 0.717) is 24.3 Å². The first-order valence-corrected chi connectivity index (χ1v) is 5.14. The van der Waals surface area contributed by atoms with Crippen LogP contribution in [0.5, 0.6) is 0 Å². The molecule has 0 unspecified atom stereocenters. The Bertz CT molecular complexity index is 365. The Kier molecular flexibility index (Phi) is 4.05. The van der Waals surface area contributed by atoms with Gasteiger partial charge in [-0.1, -0.05) is 11.3 Å². The first-order valence-electron chi connectivity index (χ1n) is 4.32. The molecule has 1 rings (SSSR count). The van der Waals surface area contributed by atoms with E-state index < -0.39 is 17.1 Å². The molecule has 0 saturated heterocycles. The van der Waals surface area contributed by atoms with Crippen molar-refractivity contribution in [3.63, 3.8) is 0 Å². The molecule has 5 nitrogen and oxygen atoms in total. The third kappa shape index (κ3) is 4.01. The number of hydrogen-bond donors (Lipinski definition) is 2. The van der Waals surface area contributed by atoms with Gasteiger partial charge in [0.05, 0.1) is 0 Å². The summed E-state index contributed by atoms with van der Waals surface area (Å²) < 4.78 is 36.3. The molecule has 90 valence electrons. The van der Waals surface area contributed by atoms with Crippen LogP contribution in [0.15, 0.2) is 0 Å². The predicted octanol–water partition coefficient (Wildman–Crippen LogP) is 1.23. The van der Waals surface area contributed by atoms with Crippen molar-refractivity contribution in [2.24, 2.45) is 5.73 Å². The molecule has 0 aliphatic carbocycles. The van der Waals surface area contributed by atoms with Crippen molar-refractivity contribution in [1.82, 2.24) is 10.2 Å². The topological polar surface area (TPSA) is 80.9 Å². The Hall–Kier alpha value is -1.38. The van der Waals surface area contributed by atoms with E-state index in [1.54, 1.807) is 0 Å². The van der Waals surface area contributed by atoms with Crippen LogP contribution >= 0.6 is 11.3 Å². The van der Waals surface area contributed by atoms with Gasteiger partial charge in [-0.3, -0.25) is 4.79 Å². The fourth-order valence-electron chi connectivity index (χ4n) is 0.867. The zero-order valence-corrected chi connectivity index (χ0v) is 8.86. The summed E-state index contributed by atoms with van der Waals surface area (Å²) in [6, 6.07) is 0. The molecule has 0 aliphatic rings. The van der Waals surface area contributed by atoms with Gasteiger partial charge in [-0.25, -0.2) is 0 Å². The summed E-state index contributed by atoms with van der Waals surface area (Å²) in [7, 11) is 0. The van der Waals surface area contributed by atoms with Crippen molar-refractivity contribution in [3.05, 3.63) is 5.01 Å². The van der Waals surface area contributed by atoms with Crippen LogP contribution in [0.25, 0.3) is 0 Å². The van der Waals surface area contributed by atoms with Gasteiger partial charge >= 0.3 is 6.18 Å². The average Bonchev–Trinajstić information content (AvgIpc) is 2.59. The maximum Gasteiger partial charge on any atom is 0.445 e. The molecule has 0 radical (unpaired) electrons. The standard InChI is InChI=1S/C7H9F3N4OS/c8-7(9,10)5-13-14-6(16-5)12-3-1-2-4(11)15/h1-3H2,(H2,11,15)(H,12,14). The smallest absolute Gasteiger partial charge is 0.370 e. The quantitative estimate of drug-likeness (QED) is 0.774. The van der Waals surface area contributed by atoms with Crippen molar-refractivity contribution < 1.29 is 18.0 Å². The van der Waals surface area contributed by atoms with Crippen LogP contribution in [0, 0.1) is 0 Å². The van der Waals surface area contributed by atoms with Gasteiger partial charge in [-0.05, 0) is 6.42 Å². The number of carbonyl (C=O) groups excluding carboxylic acids is 1. The second kappa shape index (κ2) is 5.10. The largest absolute Gasteiger partial charge is 0.445 e. The number of amides is 1. The summed E-state index contributed by atoms with van der Waals surface area (Å²) in [4.78, 5) is 10.4. The number of nitrogens with two attached hydrogens (primary N) is 1. The average molecular weight is 254 g/mol. The molecule has 0 fully saturated rings. The van der Waals surface area contributed by atoms with E-state index in [1.807, 2.05) is 0 Å². The number of anilines is 1. The lowest BCUT2D eigenvalue weighted by atomic mass is 10.3. The van der Waals surface area contributed by atoms with Crippen LogP contribution in [-0.2, 0) is 11.0 Å². The number of primary amides is 1. The van der Waals surface area contributed by atoms with Gasteiger partial charge in [0.15, 0.2) is 0 Å². The number of halogens is 3. The van der Waals surface area contributed by atoms with E-state index in [-0.39, 0.29) is 11.6 Å². The van der Waals surface area contributed by atoms with Crippen LogP contribution in [0.3, 0.4) is 0 Å². The highest BCUT2D eigenvalue weighted by molar-refractivity contribution is 7.15. The third-order valence-electron chi connectivity index (χ3n) is 1.54. The summed E-state index contributed by atoms with van der Waals surface area (Å²) in [5, 5.41) is 8.03. The highest BCUT2D eigenvalue weighted by Crippen LogP contribution is 2.32. The number of hydrogen-bond acceptors (Lipinski definition) is 5. The summed E-state index contributed by atoms with van der Waals surface area (Å²) >= 11 is 0.424. The summed E-state index contributed by atoms with van der Waals surface area (Å²) in [5.74, 6) is -0.449. The first-order chi connectivity index (χ1) is 7.39. The van der Waals surface area contributed by atoms with Crippen molar-refractivity contribution >= 4 is 22.4 Å². The molecule has 0 atom stereocenters. The van der Waals surface area contributed by atoms with Crippen LogP contribution < -0.4 is 11.1 Å². The lowest BCUT2D eigenvalue weighted by Gasteiger charge is -1.99. The number of nitrogens with zero attached hydrogens (tertiary/aromatic N) is 2. The van der Waals surface area contributed by atoms with Gasteiger partial charge in [-0.15, -0.1) is 10.2 Å². The van der Waals surface area contributed by atoms with E-state index in [4.69, 9.17) is 5.73 Å². The molecule has 0 saturated carbocycles. The highest BCUT2D eigenvalue weighted by atomic mass is 32.1. The van der Waals surface area contributed by atoms with E-state index in [0.717, 1.165) is 0 Å². The number of nitrogens with one attached hydrogen (secondary N) is 1. The van der Waals surface area contributed by atoms with Gasteiger partial charge in [0.1, 0.15) is 0 Å². The molecule has 1 aromatic heterocycles. The number of carbonyl (C=O) groups is 1. The van der Waals surface area contributed by atoms with E-state index in [2.05, 4.69) is 15.5 Å². The Labute approximate surface area is 92.9 Å². The number of alkyl halides is 3. The second-order valence-corrected chi connectivity index (χ2v) is 3.88. The Morgan fingerprint density at radius 2 is 2.12 bits per heavy atom. The van der Waals surface area contributed by atoms with Crippen LogP contribution in [-0.4, -0.2) is 22.6 Å². The molecule has 1 aromatic rings. The Morgan fingerprint density at radius 3 is 2.62 bits per heavy atom. The first kappa shape index (κ1) is 12.7. The molecule has 0 bridgehead atoms. The molecule has 0 spiro atoms. The normalized spacial score (nSPS) is 11.4. The Morgan fingerprint density at radius 1 is 1.44 bits per heavy atom. The van der Waals surface area contributed by atoms with E-state index in [9.17, 15) is 18.0 Å². The Balaban J connectivity index is 2.38. The maximum absolute atomic E-state index is 12.1. The van der Waals surface area contributed by atoms with Crippen LogP contribution in [0.4, 0.5) is 18.3 Å². The SMILES string of the molecule is NC(=O)CCCNc1nnc(C(F)(F)F)s1. The molecular weight excluding hydrogens is 245 g/mol. The molecule has 0 aliphatic heterocycles. The minimum Gasteiger partial charge on any atom is -0.370 e. The van der Waals surface area contributed by atoms with Crippen LogP contribution in [0.1, 0.15) is 17.8 Å². The maximum atomic E-state index is 12.1. The van der Waals surface area contributed by atoms with Crippen molar-refractivity contribution in [2.75, 3.05) is 11.9 Å². The summed E-state index contributed by atoms with van der Waals surface area (Å²) in [6.45, 7) is 0.329. The number of aromatic nitrogens is 2. The fourth-order valence-corrected chi connectivity index (χ4v) is 1.50. The molecule has 16 heavy (non-hydrogen) atoms. The van der Waals surface area contributed by atoms with E-state index in [1.165, 1.54) is 0 Å². The van der Waals surface area contributed by atoms with Gasteiger partial charge in [0, 0.05) is 13.0 Å². The minimum atomic E-state index is -4.47. The van der Waals surface area contributed by atoms with Gasteiger partial charge in [0.25, 0.3) is 0 Å². The molecule has 1 heterocycles. The van der Waals surface area contributed by atoms with Gasteiger partial charge in [0.2, 0.25) is 16.0 Å². The zero-order chi connectivity index (χ0) is 12.2. The van der Waals surface area contributed by atoms with Crippen molar-refractivity contribution in [2.45, 2.75) is 19.0 Å². The highest BCUT2D eigenvalue weighted by Gasteiger charge is 2.35. The number of rotatable bonds is 5. The summed E-state index contributed by atoms with van der Waals surface area (Å²) in [5.41, 5.74) is 4.89. The molecule has 9 heteroatoms. The third-order valence-corrected chi connectivity index (χ3v) is 2.47. The molecule has 3 N–H and O–H groups in total. The summed E-state index contributed by atoms with van der Waals surface area (Å²) in [6.07, 6.45) is -3.85. The van der Waals surface area contributed by atoms with Gasteiger partial charge < -0.3 is 11.1 Å². The predicted molar refractivity (Wildman–Crippen MR) is 51.8 cm³/mol. The molecule has 0 aromatic carbocycles. The monoisotopic (exact) mass is 254 g/mol.